The van der Waals surface area contributed by atoms with E-state index < -0.39 is 10.4 Å². The fourth-order valence-corrected chi connectivity index (χ4v) is 1.12. The minimum Gasteiger partial charge on any atom is -0.414 e. The number of nitro groups is 1. The second-order valence-corrected chi connectivity index (χ2v) is 2.93. The standard InChI is InChI=1S/C7H3Cl2NO4/c8-5-3-4(14-7(9)11)1-2-6(5)10(12)13/h1-3H. The van der Waals surface area contributed by atoms with Crippen molar-refractivity contribution in [1.82, 2.24) is 0 Å². The lowest BCUT2D eigenvalue weighted by atomic mass is 10.3. The number of benzene rings is 1. The second-order valence-electron chi connectivity index (χ2n) is 2.21. The topological polar surface area (TPSA) is 69.4 Å². The van der Waals surface area contributed by atoms with Crippen molar-refractivity contribution in [2.45, 2.75) is 0 Å². The molecule has 5 nitrogen and oxygen atoms in total. The van der Waals surface area contributed by atoms with Crippen LogP contribution in [0.15, 0.2) is 18.2 Å². The predicted octanol–water partition coefficient (Wildman–Crippen LogP) is 2.99. The number of nitrogens with zero attached hydrogens (tertiary/aromatic N) is 1. The number of nitro benzene ring substituents is 1. The zero-order chi connectivity index (χ0) is 10.7. The quantitative estimate of drug-likeness (QED) is 0.449. The van der Waals surface area contributed by atoms with Gasteiger partial charge < -0.3 is 4.74 Å². The summed E-state index contributed by atoms with van der Waals surface area (Å²) in [6.07, 6.45) is 0. The van der Waals surface area contributed by atoms with Crippen LogP contribution in [-0.2, 0) is 0 Å². The molecule has 0 N–H and O–H groups in total. The van der Waals surface area contributed by atoms with Crippen LogP contribution in [0.2, 0.25) is 5.02 Å². The zero-order valence-electron chi connectivity index (χ0n) is 6.57. The molecule has 0 unspecified atom stereocenters. The van der Waals surface area contributed by atoms with Crippen molar-refractivity contribution in [2.75, 3.05) is 0 Å². The van der Waals surface area contributed by atoms with E-state index in [0.29, 0.717) is 0 Å². The Kier molecular flexibility index (Phi) is 3.27. The van der Waals surface area contributed by atoms with Crippen LogP contribution in [0.25, 0.3) is 0 Å². The summed E-state index contributed by atoms with van der Waals surface area (Å²) in [5, 5.41) is 10.2. The van der Waals surface area contributed by atoms with Gasteiger partial charge in [0, 0.05) is 23.7 Å². The van der Waals surface area contributed by atoms with Crippen LogP contribution in [0.4, 0.5) is 10.5 Å². The first-order valence-corrected chi connectivity index (χ1v) is 4.07. The molecule has 0 aliphatic carbocycles. The average molecular weight is 236 g/mol. The van der Waals surface area contributed by atoms with E-state index in [0.717, 1.165) is 12.1 Å². The van der Waals surface area contributed by atoms with Gasteiger partial charge in [-0.25, -0.2) is 4.79 Å². The first kappa shape index (κ1) is 10.7. The summed E-state index contributed by atoms with van der Waals surface area (Å²) in [4.78, 5) is 20.0. The normalized spacial score (nSPS) is 9.57. The molecule has 0 aliphatic rings. The molecule has 0 amide bonds. The molecule has 0 atom stereocenters. The average Bonchev–Trinajstić information content (AvgIpc) is 2.01. The Morgan fingerprint density at radius 2 is 2.14 bits per heavy atom. The first-order valence-electron chi connectivity index (χ1n) is 3.32. The lowest BCUT2D eigenvalue weighted by Gasteiger charge is -2.00. The number of ether oxygens (including phenoxy) is 1. The first-order chi connectivity index (χ1) is 6.50. The van der Waals surface area contributed by atoms with Crippen LogP contribution in [0, 0.1) is 10.1 Å². The Labute approximate surface area is 88.3 Å². The molecule has 1 rings (SSSR count). The van der Waals surface area contributed by atoms with E-state index in [1.165, 1.54) is 6.07 Å². The Bertz CT molecular complexity index is 393. The second kappa shape index (κ2) is 4.26. The number of carbonyl (C=O) groups is 1. The third kappa shape index (κ3) is 2.58. The minimum atomic E-state index is -1.03. The van der Waals surface area contributed by atoms with E-state index in [-0.39, 0.29) is 16.5 Å². The highest BCUT2D eigenvalue weighted by atomic mass is 35.5. The van der Waals surface area contributed by atoms with Gasteiger partial charge >= 0.3 is 5.43 Å². The molecule has 0 fully saturated rings. The van der Waals surface area contributed by atoms with Gasteiger partial charge in [-0.05, 0) is 6.07 Å². The molecule has 0 heterocycles. The van der Waals surface area contributed by atoms with Crippen molar-refractivity contribution < 1.29 is 14.5 Å². The molecule has 0 saturated heterocycles. The molecule has 0 radical (unpaired) electrons. The van der Waals surface area contributed by atoms with Gasteiger partial charge in [-0.2, -0.15) is 0 Å². The number of rotatable bonds is 2. The van der Waals surface area contributed by atoms with Gasteiger partial charge in [-0.1, -0.05) is 11.6 Å². The third-order valence-corrected chi connectivity index (χ3v) is 1.69. The van der Waals surface area contributed by atoms with E-state index >= 15 is 0 Å². The molecule has 14 heavy (non-hydrogen) atoms. The fraction of sp³-hybridized carbons (Fsp3) is 0. The van der Waals surface area contributed by atoms with Crippen molar-refractivity contribution in [3.05, 3.63) is 33.3 Å². The van der Waals surface area contributed by atoms with Gasteiger partial charge in [0.15, 0.2) is 0 Å². The van der Waals surface area contributed by atoms with Crippen molar-refractivity contribution in [3.63, 3.8) is 0 Å². The number of hydrogen-bond acceptors (Lipinski definition) is 4. The summed E-state index contributed by atoms with van der Waals surface area (Å²) in [5.41, 5.74) is -1.30. The summed E-state index contributed by atoms with van der Waals surface area (Å²) >= 11 is 10.5. The molecule has 1 aromatic rings. The van der Waals surface area contributed by atoms with Crippen LogP contribution in [0.3, 0.4) is 0 Å². The summed E-state index contributed by atoms with van der Waals surface area (Å²) in [6, 6.07) is 3.49. The smallest absolute Gasteiger partial charge is 0.409 e. The van der Waals surface area contributed by atoms with E-state index in [1.54, 1.807) is 0 Å². The molecule has 0 aromatic heterocycles. The van der Waals surface area contributed by atoms with Crippen molar-refractivity contribution in [3.8, 4) is 5.75 Å². The van der Waals surface area contributed by atoms with Gasteiger partial charge in [0.05, 0.1) is 4.92 Å². The van der Waals surface area contributed by atoms with E-state index in [2.05, 4.69) is 4.74 Å². The summed E-state index contributed by atoms with van der Waals surface area (Å²) in [7, 11) is 0. The maximum absolute atomic E-state index is 10.3. The van der Waals surface area contributed by atoms with Gasteiger partial charge in [0.2, 0.25) is 0 Å². The summed E-state index contributed by atoms with van der Waals surface area (Å²) < 4.78 is 4.45. The molecule has 0 saturated carbocycles. The van der Waals surface area contributed by atoms with Crippen molar-refractivity contribution in [2.24, 2.45) is 0 Å². The predicted molar refractivity (Wildman–Crippen MR) is 50.0 cm³/mol. The van der Waals surface area contributed by atoms with Gasteiger partial charge in [0.25, 0.3) is 5.69 Å². The van der Waals surface area contributed by atoms with Crippen molar-refractivity contribution >= 4 is 34.3 Å². The van der Waals surface area contributed by atoms with Crippen LogP contribution < -0.4 is 4.74 Å². The molecule has 0 aliphatic heterocycles. The van der Waals surface area contributed by atoms with Crippen molar-refractivity contribution in [1.29, 1.82) is 0 Å². The minimum absolute atomic E-state index is 0.0561. The SMILES string of the molecule is O=C(Cl)Oc1ccc([N+](=O)[O-])c(Cl)c1. The number of carbonyl (C=O) groups excluding carboxylic acids is 1. The van der Waals surface area contributed by atoms with Crippen LogP contribution in [-0.4, -0.2) is 10.4 Å². The summed E-state index contributed by atoms with van der Waals surface area (Å²) in [5.74, 6) is 0.0561. The van der Waals surface area contributed by atoms with Gasteiger partial charge in [-0.3, -0.25) is 10.1 Å². The van der Waals surface area contributed by atoms with E-state index in [9.17, 15) is 14.9 Å². The monoisotopic (exact) mass is 235 g/mol. The van der Waals surface area contributed by atoms with Crippen LogP contribution in [0.1, 0.15) is 0 Å². The molecule has 0 spiro atoms. The highest BCUT2D eigenvalue weighted by Crippen LogP contribution is 2.28. The molecular weight excluding hydrogens is 233 g/mol. The lowest BCUT2D eigenvalue weighted by molar-refractivity contribution is -0.384. The molecular formula is C7H3Cl2NO4. The molecule has 7 heteroatoms. The molecule has 74 valence electrons. The Balaban J connectivity index is 3.00. The number of halogens is 2. The van der Waals surface area contributed by atoms with E-state index in [1.807, 2.05) is 0 Å². The molecule has 1 aromatic carbocycles. The number of hydrogen-bond donors (Lipinski definition) is 0. The lowest BCUT2D eigenvalue weighted by Crippen LogP contribution is -1.96. The summed E-state index contributed by atoms with van der Waals surface area (Å²) in [6.45, 7) is 0. The van der Waals surface area contributed by atoms with Gasteiger partial charge in [0.1, 0.15) is 10.8 Å². The van der Waals surface area contributed by atoms with Crippen LogP contribution in [0.5, 0.6) is 5.75 Å². The highest BCUT2D eigenvalue weighted by Gasteiger charge is 2.13. The van der Waals surface area contributed by atoms with Crippen LogP contribution >= 0.6 is 23.2 Å². The fourth-order valence-electron chi connectivity index (χ4n) is 0.792. The maximum atomic E-state index is 10.3. The Morgan fingerprint density at radius 1 is 1.50 bits per heavy atom. The van der Waals surface area contributed by atoms with Gasteiger partial charge in [-0.15, -0.1) is 0 Å². The Hall–Kier alpha value is -1.33. The third-order valence-electron chi connectivity index (χ3n) is 1.31. The largest absolute Gasteiger partial charge is 0.414 e. The van der Waals surface area contributed by atoms with E-state index in [4.69, 9.17) is 23.2 Å². The maximum Gasteiger partial charge on any atom is 0.409 e. The molecule has 0 bridgehead atoms. The highest BCUT2D eigenvalue weighted by molar-refractivity contribution is 6.61. The zero-order valence-corrected chi connectivity index (χ0v) is 8.08. The Morgan fingerprint density at radius 3 is 2.57 bits per heavy atom.